The largest absolute Gasteiger partial charge is 0.481 e. The zero-order chi connectivity index (χ0) is 14.5. The molecule has 20 heavy (non-hydrogen) atoms. The van der Waals surface area contributed by atoms with Crippen molar-refractivity contribution in [1.82, 2.24) is 4.90 Å². The van der Waals surface area contributed by atoms with Crippen molar-refractivity contribution in [2.75, 3.05) is 13.1 Å². The van der Waals surface area contributed by atoms with E-state index in [1.807, 2.05) is 28.7 Å². The monoisotopic (exact) mass is 295 g/mol. The molecule has 1 saturated heterocycles. The second-order valence-electron chi connectivity index (χ2n) is 5.50. The summed E-state index contributed by atoms with van der Waals surface area (Å²) < 4.78 is 0. The van der Waals surface area contributed by atoms with Crippen molar-refractivity contribution in [3.8, 4) is 0 Å². The van der Waals surface area contributed by atoms with Crippen LogP contribution in [0.3, 0.4) is 0 Å². The third-order valence-corrected chi connectivity index (χ3v) is 4.71. The maximum Gasteiger partial charge on any atom is 0.303 e. The lowest BCUT2D eigenvalue weighted by Gasteiger charge is -2.34. The molecule has 0 radical (unpaired) electrons. The molecule has 1 aliphatic heterocycles. The minimum atomic E-state index is -0.750. The Morgan fingerprint density at radius 3 is 3.00 bits per heavy atom. The molecule has 0 saturated carbocycles. The number of piperidine rings is 1. The zero-order valence-corrected chi connectivity index (χ0v) is 12.6. The number of aliphatic carboxylic acids is 1. The molecule has 110 valence electrons. The minimum absolute atomic E-state index is 0.0977. The number of carbonyl (C=O) groups excluding carboxylic acids is 1. The van der Waals surface area contributed by atoms with Crippen LogP contribution in [-0.2, 0) is 9.59 Å². The van der Waals surface area contributed by atoms with E-state index < -0.39 is 5.97 Å². The summed E-state index contributed by atoms with van der Waals surface area (Å²) in [6.45, 7) is 3.46. The third kappa shape index (κ3) is 3.82. The van der Waals surface area contributed by atoms with Gasteiger partial charge in [-0.05, 0) is 54.5 Å². The van der Waals surface area contributed by atoms with Crippen molar-refractivity contribution in [2.24, 2.45) is 5.92 Å². The molecule has 4 nitrogen and oxygen atoms in total. The Kier molecular flexibility index (Phi) is 5.17. The number of hydrogen-bond acceptors (Lipinski definition) is 3. The van der Waals surface area contributed by atoms with Crippen LogP contribution in [0.15, 0.2) is 16.8 Å². The van der Waals surface area contributed by atoms with Crippen molar-refractivity contribution < 1.29 is 14.7 Å². The quantitative estimate of drug-likeness (QED) is 0.908. The van der Waals surface area contributed by atoms with Crippen LogP contribution in [0.4, 0.5) is 0 Å². The number of amides is 1. The number of nitrogens with zero attached hydrogens (tertiary/aromatic N) is 1. The Balaban J connectivity index is 1.91. The van der Waals surface area contributed by atoms with Crippen LogP contribution < -0.4 is 0 Å². The molecule has 2 unspecified atom stereocenters. The number of likely N-dealkylation sites (tertiary alicyclic amines) is 1. The van der Waals surface area contributed by atoms with E-state index in [2.05, 4.69) is 0 Å². The Bertz CT molecular complexity index is 458. The Morgan fingerprint density at radius 1 is 1.55 bits per heavy atom. The zero-order valence-electron chi connectivity index (χ0n) is 11.7. The average Bonchev–Trinajstić information content (AvgIpc) is 2.98. The molecule has 1 aliphatic rings. The predicted octanol–water partition coefficient (Wildman–Crippen LogP) is 2.96. The third-order valence-electron chi connectivity index (χ3n) is 4.01. The lowest BCUT2D eigenvalue weighted by molar-refractivity contribution is -0.137. The summed E-state index contributed by atoms with van der Waals surface area (Å²) in [6.07, 6.45) is 2.88. The molecule has 2 rings (SSSR count). The second kappa shape index (κ2) is 6.88. The van der Waals surface area contributed by atoms with Gasteiger partial charge in [0.25, 0.3) is 0 Å². The van der Waals surface area contributed by atoms with E-state index in [1.165, 1.54) is 0 Å². The number of carbonyl (C=O) groups is 2. The second-order valence-corrected chi connectivity index (χ2v) is 6.28. The molecule has 1 aromatic rings. The van der Waals surface area contributed by atoms with E-state index in [1.54, 1.807) is 11.3 Å². The minimum Gasteiger partial charge on any atom is -0.481 e. The van der Waals surface area contributed by atoms with E-state index in [0.29, 0.717) is 18.9 Å². The molecule has 1 fully saturated rings. The number of rotatable bonds is 5. The summed E-state index contributed by atoms with van der Waals surface area (Å²) in [5.74, 6) is -0.346. The summed E-state index contributed by atoms with van der Waals surface area (Å²) >= 11 is 1.61. The number of hydrogen-bond donors (Lipinski definition) is 1. The lowest BCUT2D eigenvalue weighted by atomic mass is 9.92. The van der Waals surface area contributed by atoms with Gasteiger partial charge < -0.3 is 10.0 Å². The first kappa shape index (κ1) is 15.0. The molecule has 0 spiro atoms. The maximum absolute atomic E-state index is 12.5. The fourth-order valence-corrected chi connectivity index (χ4v) is 3.52. The smallest absolute Gasteiger partial charge is 0.303 e. The summed E-state index contributed by atoms with van der Waals surface area (Å²) in [4.78, 5) is 25.1. The molecular weight excluding hydrogens is 274 g/mol. The van der Waals surface area contributed by atoms with Crippen LogP contribution in [0.25, 0.3) is 0 Å². The highest BCUT2D eigenvalue weighted by Crippen LogP contribution is 2.26. The fraction of sp³-hybridized carbons (Fsp3) is 0.600. The van der Waals surface area contributed by atoms with Gasteiger partial charge in [-0.3, -0.25) is 9.59 Å². The van der Waals surface area contributed by atoms with E-state index in [-0.39, 0.29) is 18.2 Å². The Hall–Kier alpha value is -1.36. The van der Waals surface area contributed by atoms with Crippen LogP contribution in [0, 0.1) is 5.92 Å². The number of carboxylic acid groups (broad SMARTS) is 1. The SMILES string of the molecule is CC(C(=O)N1CCCC(CCC(=O)O)C1)c1ccsc1. The normalized spacial score (nSPS) is 20.6. The van der Waals surface area contributed by atoms with Crippen LogP contribution in [0.5, 0.6) is 0 Å². The van der Waals surface area contributed by atoms with Crippen LogP contribution in [-0.4, -0.2) is 35.0 Å². The number of thiophene rings is 1. The highest BCUT2D eigenvalue weighted by molar-refractivity contribution is 7.08. The van der Waals surface area contributed by atoms with Gasteiger partial charge in [-0.15, -0.1) is 0 Å². The standard InChI is InChI=1S/C15H21NO3S/c1-11(13-6-8-20-10-13)15(19)16-7-2-3-12(9-16)4-5-14(17)18/h6,8,10-12H,2-5,7,9H2,1H3,(H,17,18). The van der Waals surface area contributed by atoms with Gasteiger partial charge in [-0.25, -0.2) is 0 Å². The van der Waals surface area contributed by atoms with E-state index >= 15 is 0 Å². The highest BCUT2D eigenvalue weighted by Gasteiger charge is 2.27. The first-order valence-electron chi connectivity index (χ1n) is 7.10. The molecule has 0 bridgehead atoms. The van der Waals surface area contributed by atoms with Gasteiger partial charge in [0.2, 0.25) is 5.91 Å². The molecule has 2 heterocycles. The average molecular weight is 295 g/mol. The Labute approximate surface area is 123 Å². The van der Waals surface area contributed by atoms with Gasteiger partial charge in [0.1, 0.15) is 0 Å². The first-order valence-corrected chi connectivity index (χ1v) is 8.05. The Morgan fingerprint density at radius 2 is 2.35 bits per heavy atom. The molecule has 0 aliphatic carbocycles. The predicted molar refractivity (Wildman–Crippen MR) is 78.9 cm³/mol. The summed E-state index contributed by atoms with van der Waals surface area (Å²) in [5.41, 5.74) is 1.08. The molecule has 1 N–H and O–H groups in total. The van der Waals surface area contributed by atoms with E-state index in [0.717, 1.165) is 24.9 Å². The molecule has 2 atom stereocenters. The lowest BCUT2D eigenvalue weighted by Crippen LogP contribution is -2.41. The van der Waals surface area contributed by atoms with Crippen LogP contribution >= 0.6 is 11.3 Å². The molecule has 0 aromatic carbocycles. The van der Waals surface area contributed by atoms with Crippen molar-refractivity contribution in [3.63, 3.8) is 0 Å². The highest BCUT2D eigenvalue weighted by atomic mass is 32.1. The van der Waals surface area contributed by atoms with Gasteiger partial charge in [-0.2, -0.15) is 11.3 Å². The van der Waals surface area contributed by atoms with Crippen LogP contribution in [0.1, 0.15) is 44.1 Å². The molecule has 5 heteroatoms. The van der Waals surface area contributed by atoms with Crippen LogP contribution in [0.2, 0.25) is 0 Å². The van der Waals surface area contributed by atoms with Gasteiger partial charge in [-0.1, -0.05) is 0 Å². The van der Waals surface area contributed by atoms with Crippen molar-refractivity contribution >= 4 is 23.2 Å². The summed E-state index contributed by atoms with van der Waals surface area (Å²) in [6, 6.07) is 2.00. The van der Waals surface area contributed by atoms with Crippen molar-refractivity contribution in [3.05, 3.63) is 22.4 Å². The van der Waals surface area contributed by atoms with Gasteiger partial charge in [0.05, 0.1) is 5.92 Å². The van der Waals surface area contributed by atoms with Gasteiger partial charge in [0.15, 0.2) is 0 Å². The molecule has 1 aromatic heterocycles. The molecule has 1 amide bonds. The van der Waals surface area contributed by atoms with E-state index in [9.17, 15) is 9.59 Å². The van der Waals surface area contributed by atoms with Crippen molar-refractivity contribution in [1.29, 1.82) is 0 Å². The fourth-order valence-electron chi connectivity index (χ4n) is 2.77. The topological polar surface area (TPSA) is 57.6 Å². The summed E-state index contributed by atoms with van der Waals surface area (Å²) in [7, 11) is 0. The van der Waals surface area contributed by atoms with Gasteiger partial charge >= 0.3 is 5.97 Å². The maximum atomic E-state index is 12.5. The first-order chi connectivity index (χ1) is 9.58. The summed E-state index contributed by atoms with van der Waals surface area (Å²) in [5, 5.41) is 12.8. The van der Waals surface area contributed by atoms with Crippen molar-refractivity contribution in [2.45, 2.75) is 38.5 Å². The number of carboxylic acids is 1. The molecular formula is C15H21NO3S. The van der Waals surface area contributed by atoms with Gasteiger partial charge in [0, 0.05) is 19.5 Å². The van der Waals surface area contributed by atoms with E-state index in [4.69, 9.17) is 5.11 Å².